The highest BCUT2D eigenvalue weighted by Crippen LogP contribution is 2.36. The standard InChI is InChI=1S/C37H38FN7O5/c1-37(2,3)50-36(47)42-31(23-6-12-26(38)13-7-23)32-33(49-32)39-27-14-8-22(9-15-27)25-11-17-30-41-35(43-45(30)21-25)40-28-16-10-24(20-29(28)48-4)34(46)44-18-5-19-44/h6-17,20-21,31-33,39H,5,18-19H2,1-4H3,(H,40,43)(H,42,47)/t31-,32?,33?/m1/s1. The van der Waals surface area contributed by atoms with Gasteiger partial charge in [0, 0.05) is 36.1 Å². The molecule has 2 unspecified atom stereocenters. The third-order valence-corrected chi connectivity index (χ3v) is 8.45. The van der Waals surface area contributed by atoms with Crippen LogP contribution < -0.4 is 20.7 Å². The zero-order valence-corrected chi connectivity index (χ0v) is 28.1. The molecule has 0 bridgehead atoms. The Labute approximate surface area is 288 Å². The number of rotatable bonds is 10. The number of fused-ring (bicyclic) bond motifs is 1. The fourth-order valence-electron chi connectivity index (χ4n) is 5.73. The predicted octanol–water partition coefficient (Wildman–Crippen LogP) is 6.54. The third-order valence-electron chi connectivity index (χ3n) is 8.45. The number of amides is 2. The number of anilines is 3. The largest absolute Gasteiger partial charge is 0.495 e. The number of hydrogen-bond donors (Lipinski definition) is 3. The SMILES string of the molecule is COc1cc(C(=O)N2CCC2)ccc1Nc1nc2ccc(-c3ccc(NC4OC4[C@H](NC(=O)OC(C)(C)C)c4ccc(F)cc4)cc3)cn2n1. The minimum atomic E-state index is -0.670. The quantitative estimate of drug-likeness (QED) is 0.141. The summed E-state index contributed by atoms with van der Waals surface area (Å²) in [7, 11) is 1.56. The van der Waals surface area contributed by atoms with Crippen LogP contribution in [0.25, 0.3) is 16.8 Å². The number of carbonyl (C=O) groups excluding carboxylic acids is 2. The normalized spacial score (nSPS) is 17.4. The van der Waals surface area contributed by atoms with E-state index in [4.69, 9.17) is 14.2 Å². The van der Waals surface area contributed by atoms with Crippen LogP contribution in [-0.4, -0.2) is 69.6 Å². The molecule has 0 spiro atoms. The fraction of sp³-hybridized carbons (Fsp3) is 0.297. The van der Waals surface area contributed by atoms with Crippen LogP contribution in [0.15, 0.2) is 85.1 Å². The molecule has 2 fully saturated rings. The fourth-order valence-corrected chi connectivity index (χ4v) is 5.73. The van der Waals surface area contributed by atoms with Crippen LogP contribution in [-0.2, 0) is 9.47 Å². The molecule has 0 radical (unpaired) electrons. The molecule has 5 aromatic rings. The van der Waals surface area contributed by atoms with E-state index in [1.807, 2.05) is 47.5 Å². The van der Waals surface area contributed by atoms with Crippen LogP contribution >= 0.6 is 0 Å². The zero-order chi connectivity index (χ0) is 35.0. The summed E-state index contributed by atoms with van der Waals surface area (Å²) in [4.78, 5) is 31.7. The second-order valence-electron chi connectivity index (χ2n) is 13.3. The van der Waals surface area contributed by atoms with E-state index in [0.717, 1.165) is 36.3 Å². The number of ether oxygens (including phenoxy) is 3. The van der Waals surface area contributed by atoms with Crippen molar-refractivity contribution in [2.75, 3.05) is 30.8 Å². The van der Waals surface area contributed by atoms with E-state index < -0.39 is 23.8 Å². The number of likely N-dealkylation sites (tertiary alicyclic amines) is 1. The maximum absolute atomic E-state index is 13.6. The number of methoxy groups -OCH3 is 1. The van der Waals surface area contributed by atoms with Gasteiger partial charge in [-0.1, -0.05) is 24.3 Å². The van der Waals surface area contributed by atoms with Crippen molar-refractivity contribution < 1.29 is 28.2 Å². The summed E-state index contributed by atoms with van der Waals surface area (Å²) in [6.45, 7) is 6.93. The molecule has 2 saturated heterocycles. The molecule has 3 N–H and O–H groups in total. The molecule has 50 heavy (non-hydrogen) atoms. The van der Waals surface area contributed by atoms with Crippen LogP contribution in [0.4, 0.5) is 26.5 Å². The van der Waals surface area contributed by atoms with Gasteiger partial charge in [-0.15, -0.1) is 5.10 Å². The number of epoxide rings is 1. The average Bonchev–Trinajstić information content (AvgIpc) is 3.69. The van der Waals surface area contributed by atoms with E-state index in [1.165, 1.54) is 12.1 Å². The Balaban J connectivity index is 1.01. The van der Waals surface area contributed by atoms with Gasteiger partial charge in [-0.3, -0.25) is 4.79 Å². The lowest BCUT2D eigenvalue weighted by molar-refractivity contribution is 0.0493. The second kappa shape index (κ2) is 13.3. The van der Waals surface area contributed by atoms with Crippen molar-refractivity contribution in [3.05, 3.63) is 102 Å². The topological polar surface area (TPSA) is 135 Å². The molecule has 7 rings (SSSR count). The van der Waals surface area contributed by atoms with E-state index >= 15 is 0 Å². The van der Waals surface area contributed by atoms with Gasteiger partial charge >= 0.3 is 6.09 Å². The molecular formula is C37H38FN7O5. The number of halogens is 1. The number of nitrogens with one attached hydrogen (secondary N) is 3. The first kappa shape index (κ1) is 32.8. The summed E-state index contributed by atoms with van der Waals surface area (Å²) in [6, 6.07) is 22.5. The highest BCUT2D eigenvalue weighted by atomic mass is 19.1. The number of hydrogen-bond acceptors (Lipinski definition) is 9. The smallest absolute Gasteiger partial charge is 0.408 e. The van der Waals surface area contributed by atoms with Crippen molar-refractivity contribution >= 4 is 35.0 Å². The summed E-state index contributed by atoms with van der Waals surface area (Å²) >= 11 is 0. The first-order chi connectivity index (χ1) is 24.0. The monoisotopic (exact) mass is 679 g/mol. The highest BCUT2D eigenvalue weighted by molar-refractivity contribution is 5.96. The third kappa shape index (κ3) is 7.32. The molecule has 4 heterocycles. The molecule has 2 aliphatic rings. The Morgan fingerprint density at radius 2 is 1.72 bits per heavy atom. The van der Waals surface area contributed by atoms with Crippen LogP contribution in [0.1, 0.15) is 49.2 Å². The maximum Gasteiger partial charge on any atom is 0.408 e. The van der Waals surface area contributed by atoms with Crippen molar-refractivity contribution in [1.82, 2.24) is 24.8 Å². The first-order valence-corrected chi connectivity index (χ1v) is 16.4. The number of benzene rings is 3. The van der Waals surface area contributed by atoms with E-state index in [0.29, 0.717) is 34.2 Å². The Morgan fingerprint density at radius 3 is 2.40 bits per heavy atom. The lowest BCUT2D eigenvalue weighted by Crippen LogP contribution is -2.42. The van der Waals surface area contributed by atoms with Crippen LogP contribution in [0.5, 0.6) is 5.75 Å². The van der Waals surface area contributed by atoms with Gasteiger partial charge in [0.2, 0.25) is 5.95 Å². The number of pyridine rings is 1. The zero-order valence-electron chi connectivity index (χ0n) is 28.1. The Morgan fingerprint density at radius 1 is 0.980 bits per heavy atom. The van der Waals surface area contributed by atoms with Crippen molar-refractivity contribution in [3.63, 3.8) is 0 Å². The molecule has 3 atom stereocenters. The summed E-state index contributed by atoms with van der Waals surface area (Å²) in [5, 5.41) is 14.1. The van der Waals surface area contributed by atoms with Gasteiger partial charge in [0.25, 0.3) is 5.91 Å². The van der Waals surface area contributed by atoms with E-state index in [9.17, 15) is 14.0 Å². The highest BCUT2D eigenvalue weighted by Gasteiger charge is 2.47. The predicted molar refractivity (Wildman–Crippen MR) is 186 cm³/mol. The van der Waals surface area contributed by atoms with Crippen LogP contribution in [0, 0.1) is 5.82 Å². The van der Waals surface area contributed by atoms with E-state index in [-0.39, 0.29) is 18.0 Å². The molecule has 258 valence electrons. The van der Waals surface area contributed by atoms with E-state index in [2.05, 4.69) is 26.0 Å². The van der Waals surface area contributed by atoms with Gasteiger partial charge in [0.1, 0.15) is 23.3 Å². The molecule has 12 nitrogen and oxygen atoms in total. The Kier molecular flexibility index (Phi) is 8.74. The minimum Gasteiger partial charge on any atom is -0.495 e. The lowest BCUT2D eigenvalue weighted by Gasteiger charge is -2.31. The molecule has 0 saturated carbocycles. The van der Waals surface area contributed by atoms with Crippen LogP contribution in [0.3, 0.4) is 0 Å². The van der Waals surface area contributed by atoms with Crippen LogP contribution in [0.2, 0.25) is 0 Å². The maximum atomic E-state index is 13.6. The molecule has 2 aliphatic heterocycles. The van der Waals surface area contributed by atoms with Gasteiger partial charge in [0.05, 0.1) is 18.8 Å². The second-order valence-corrected chi connectivity index (χ2v) is 13.3. The van der Waals surface area contributed by atoms with Gasteiger partial charge in [-0.25, -0.2) is 13.7 Å². The van der Waals surface area contributed by atoms with Gasteiger partial charge in [-0.2, -0.15) is 4.98 Å². The molecule has 2 amide bonds. The number of nitrogens with zero attached hydrogens (tertiary/aromatic N) is 4. The van der Waals surface area contributed by atoms with Crippen molar-refractivity contribution in [1.29, 1.82) is 0 Å². The van der Waals surface area contributed by atoms with Crippen molar-refractivity contribution in [3.8, 4) is 16.9 Å². The molecule has 2 aromatic heterocycles. The van der Waals surface area contributed by atoms with Crippen molar-refractivity contribution in [2.24, 2.45) is 0 Å². The van der Waals surface area contributed by atoms with E-state index in [1.54, 1.807) is 62.7 Å². The summed E-state index contributed by atoms with van der Waals surface area (Å²) in [6.07, 6.45) is 1.58. The van der Waals surface area contributed by atoms with Gasteiger partial charge in [-0.05, 0) is 92.9 Å². The van der Waals surface area contributed by atoms with Gasteiger partial charge < -0.3 is 35.1 Å². The number of aromatic nitrogens is 3. The molecule has 3 aromatic carbocycles. The number of alkyl carbamates (subject to hydrolysis) is 1. The molecule has 0 aliphatic carbocycles. The number of carbonyl (C=O) groups is 2. The minimum absolute atomic E-state index is 0.00328. The molecular weight excluding hydrogens is 641 g/mol. The summed E-state index contributed by atoms with van der Waals surface area (Å²) in [5.41, 5.74) is 4.65. The Bertz CT molecular complexity index is 2020. The Hall–Kier alpha value is -5.69. The summed E-state index contributed by atoms with van der Waals surface area (Å²) in [5.74, 6) is 0.547. The lowest BCUT2D eigenvalue weighted by atomic mass is 10.0. The first-order valence-electron chi connectivity index (χ1n) is 16.4. The summed E-state index contributed by atoms with van der Waals surface area (Å²) < 4.78 is 32.3. The molecule has 13 heteroatoms. The van der Waals surface area contributed by atoms with Gasteiger partial charge in [0.15, 0.2) is 11.9 Å². The average molecular weight is 680 g/mol. The van der Waals surface area contributed by atoms with Crippen molar-refractivity contribution in [2.45, 2.75) is 51.2 Å².